The van der Waals surface area contributed by atoms with Gasteiger partial charge in [0, 0.05) is 49.0 Å². The van der Waals surface area contributed by atoms with Gasteiger partial charge in [-0.05, 0) is 59.2 Å². The normalized spacial score (nSPS) is 11.6. The minimum absolute atomic E-state index is 0.116. The van der Waals surface area contributed by atoms with Crippen molar-refractivity contribution in [1.29, 1.82) is 0 Å². The predicted molar refractivity (Wildman–Crippen MR) is 108 cm³/mol. The number of alkyl halides is 3. The maximum atomic E-state index is 13.0. The van der Waals surface area contributed by atoms with Crippen molar-refractivity contribution in [2.24, 2.45) is 0 Å². The molecule has 1 amide bonds. The highest BCUT2D eigenvalue weighted by molar-refractivity contribution is 6.32. The Morgan fingerprint density at radius 2 is 1.73 bits per heavy atom. The van der Waals surface area contributed by atoms with Gasteiger partial charge < -0.3 is 4.90 Å². The first-order valence-electron chi connectivity index (χ1n) is 8.94. The van der Waals surface area contributed by atoms with Crippen LogP contribution in [0.15, 0.2) is 73.3 Å². The van der Waals surface area contributed by atoms with Crippen LogP contribution >= 0.6 is 11.6 Å². The van der Waals surface area contributed by atoms with Gasteiger partial charge >= 0.3 is 6.18 Å². The van der Waals surface area contributed by atoms with Crippen molar-refractivity contribution >= 4 is 23.6 Å². The molecule has 0 atom stereocenters. The number of pyridine rings is 2. The van der Waals surface area contributed by atoms with Crippen LogP contribution in [-0.2, 0) is 24.1 Å². The van der Waals surface area contributed by atoms with Crippen LogP contribution in [0.1, 0.15) is 22.3 Å². The second-order valence-corrected chi connectivity index (χ2v) is 6.89. The average molecular weight is 432 g/mol. The molecule has 3 rings (SSSR count). The van der Waals surface area contributed by atoms with Gasteiger partial charge in [-0.3, -0.25) is 14.8 Å². The molecule has 0 fully saturated rings. The third-order valence-corrected chi connectivity index (χ3v) is 4.60. The first-order valence-corrected chi connectivity index (χ1v) is 9.32. The van der Waals surface area contributed by atoms with Gasteiger partial charge in [-0.2, -0.15) is 13.2 Å². The number of carbonyl (C=O) groups excluding carboxylic acids is 1. The van der Waals surface area contributed by atoms with Crippen LogP contribution in [-0.4, -0.2) is 20.8 Å². The largest absolute Gasteiger partial charge is 0.416 e. The molecule has 0 radical (unpaired) electrons. The number of halogens is 4. The van der Waals surface area contributed by atoms with E-state index in [1.54, 1.807) is 47.9 Å². The Bertz CT molecular complexity index is 983. The lowest BCUT2D eigenvalue weighted by molar-refractivity contribution is -0.137. The molecule has 0 aliphatic rings. The Kier molecular flexibility index (Phi) is 6.84. The van der Waals surface area contributed by atoms with E-state index in [4.69, 9.17) is 11.6 Å². The molecule has 0 bridgehead atoms. The maximum Gasteiger partial charge on any atom is 0.416 e. The lowest BCUT2D eigenvalue weighted by atomic mass is 10.1. The molecule has 0 N–H and O–H groups in total. The van der Waals surface area contributed by atoms with Crippen LogP contribution < -0.4 is 0 Å². The monoisotopic (exact) mass is 431 g/mol. The Hall–Kier alpha value is -3.19. The Morgan fingerprint density at radius 3 is 2.40 bits per heavy atom. The molecule has 154 valence electrons. The molecular formula is C22H17ClF3N3O. The first kappa shape index (κ1) is 21.5. The second kappa shape index (κ2) is 9.54. The van der Waals surface area contributed by atoms with Crippen LogP contribution in [0.25, 0.3) is 6.08 Å². The highest BCUT2D eigenvalue weighted by Crippen LogP contribution is 2.32. The highest BCUT2D eigenvalue weighted by Gasteiger charge is 2.30. The van der Waals surface area contributed by atoms with Gasteiger partial charge in [0.2, 0.25) is 5.91 Å². The first-order chi connectivity index (χ1) is 14.3. The van der Waals surface area contributed by atoms with E-state index in [0.717, 1.165) is 23.3 Å². The fourth-order valence-electron chi connectivity index (χ4n) is 2.75. The van der Waals surface area contributed by atoms with E-state index in [0.29, 0.717) is 6.54 Å². The standard InChI is InChI=1S/C22H17ClF3N3O/c23-20-5-4-19(22(24,25)26)12-18(20)3-6-21(30)29(14-16-7-10-27-11-8-16)15-17-2-1-9-28-13-17/h1-13H,14-15H2/b6-3+. The summed E-state index contributed by atoms with van der Waals surface area (Å²) in [6.45, 7) is 0.590. The van der Waals surface area contributed by atoms with Crippen molar-refractivity contribution in [1.82, 2.24) is 14.9 Å². The van der Waals surface area contributed by atoms with E-state index in [2.05, 4.69) is 9.97 Å². The lowest BCUT2D eigenvalue weighted by Crippen LogP contribution is -2.28. The fourth-order valence-corrected chi connectivity index (χ4v) is 2.93. The number of aromatic nitrogens is 2. The average Bonchev–Trinajstić information content (AvgIpc) is 2.73. The summed E-state index contributed by atoms with van der Waals surface area (Å²) in [5, 5.41) is 0.125. The number of nitrogens with zero attached hydrogens (tertiary/aromatic N) is 3. The Labute approximate surface area is 176 Å². The smallest absolute Gasteiger partial charge is 0.330 e. The van der Waals surface area contributed by atoms with Gasteiger partial charge in [0.05, 0.1) is 5.56 Å². The van der Waals surface area contributed by atoms with Crippen LogP contribution in [0.2, 0.25) is 5.02 Å². The van der Waals surface area contributed by atoms with Gasteiger partial charge in [-0.15, -0.1) is 0 Å². The van der Waals surface area contributed by atoms with Crippen LogP contribution in [0.5, 0.6) is 0 Å². The summed E-state index contributed by atoms with van der Waals surface area (Å²) in [6.07, 6.45) is 4.56. The zero-order valence-electron chi connectivity index (χ0n) is 15.7. The van der Waals surface area contributed by atoms with Gasteiger partial charge in [-0.1, -0.05) is 17.7 Å². The predicted octanol–water partition coefficient (Wildman–Crippen LogP) is 5.39. The molecule has 0 aliphatic carbocycles. The molecule has 1 aromatic carbocycles. The molecule has 30 heavy (non-hydrogen) atoms. The number of rotatable bonds is 6. The van der Waals surface area contributed by atoms with Gasteiger partial charge in [0.15, 0.2) is 0 Å². The van der Waals surface area contributed by atoms with E-state index in [-0.39, 0.29) is 23.0 Å². The zero-order valence-corrected chi connectivity index (χ0v) is 16.4. The van der Waals surface area contributed by atoms with Crippen molar-refractivity contribution in [2.75, 3.05) is 0 Å². The zero-order chi connectivity index (χ0) is 21.6. The van der Waals surface area contributed by atoms with E-state index >= 15 is 0 Å². The number of hydrogen-bond donors (Lipinski definition) is 0. The van der Waals surface area contributed by atoms with Crippen molar-refractivity contribution in [3.8, 4) is 0 Å². The van der Waals surface area contributed by atoms with Gasteiger partial charge in [-0.25, -0.2) is 0 Å². The molecule has 3 aromatic rings. The van der Waals surface area contributed by atoms with Crippen molar-refractivity contribution < 1.29 is 18.0 Å². The second-order valence-electron chi connectivity index (χ2n) is 6.48. The summed E-state index contributed by atoms with van der Waals surface area (Å²) in [5.41, 5.74) is 0.978. The summed E-state index contributed by atoms with van der Waals surface area (Å²) >= 11 is 6.01. The van der Waals surface area contributed by atoms with Crippen LogP contribution in [0.4, 0.5) is 13.2 Å². The van der Waals surface area contributed by atoms with Crippen molar-refractivity contribution in [3.05, 3.63) is 101 Å². The van der Waals surface area contributed by atoms with E-state index < -0.39 is 11.7 Å². The summed E-state index contributed by atoms with van der Waals surface area (Å²) in [4.78, 5) is 22.4. The third kappa shape index (κ3) is 5.90. The number of amides is 1. The topological polar surface area (TPSA) is 46.1 Å². The molecule has 0 unspecified atom stereocenters. The van der Waals surface area contributed by atoms with E-state index in [9.17, 15) is 18.0 Å². The molecule has 0 aliphatic heterocycles. The van der Waals surface area contributed by atoms with E-state index in [1.165, 1.54) is 18.2 Å². The van der Waals surface area contributed by atoms with Gasteiger partial charge in [0.25, 0.3) is 0 Å². The SMILES string of the molecule is O=C(/C=C/c1cc(C(F)(F)F)ccc1Cl)N(Cc1ccncc1)Cc1cccnc1. The van der Waals surface area contributed by atoms with Crippen molar-refractivity contribution in [3.63, 3.8) is 0 Å². The lowest BCUT2D eigenvalue weighted by Gasteiger charge is -2.21. The van der Waals surface area contributed by atoms with Crippen LogP contribution in [0.3, 0.4) is 0 Å². The molecule has 2 aromatic heterocycles. The highest BCUT2D eigenvalue weighted by atomic mass is 35.5. The van der Waals surface area contributed by atoms with Crippen LogP contribution in [0, 0.1) is 0 Å². The minimum atomic E-state index is -4.50. The molecule has 8 heteroatoms. The summed E-state index contributed by atoms with van der Waals surface area (Å²) in [7, 11) is 0. The Morgan fingerprint density at radius 1 is 1.00 bits per heavy atom. The molecule has 4 nitrogen and oxygen atoms in total. The fraction of sp³-hybridized carbons (Fsp3) is 0.136. The van der Waals surface area contributed by atoms with Gasteiger partial charge in [0.1, 0.15) is 0 Å². The molecule has 0 saturated carbocycles. The summed E-state index contributed by atoms with van der Waals surface area (Å²) in [6, 6.07) is 10.2. The molecule has 0 saturated heterocycles. The maximum absolute atomic E-state index is 13.0. The minimum Gasteiger partial charge on any atom is -0.330 e. The molecule has 2 heterocycles. The summed E-state index contributed by atoms with van der Waals surface area (Å²) < 4.78 is 38.9. The molecular weight excluding hydrogens is 415 g/mol. The van der Waals surface area contributed by atoms with Crippen molar-refractivity contribution in [2.45, 2.75) is 19.3 Å². The van der Waals surface area contributed by atoms with E-state index in [1.807, 2.05) is 6.07 Å². The molecule has 0 spiro atoms. The number of carbonyl (C=O) groups is 1. The number of benzene rings is 1. The quantitative estimate of drug-likeness (QED) is 0.491. The third-order valence-electron chi connectivity index (χ3n) is 4.26. The number of hydrogen-bond acceptors (Lipinski definition) is 3. The summed E-state index contributed by atoms with van der Waals surface area (Å²) in [5.74, 6) is -0.371. The Balaban J connectivity index is 1.84.